The molecular weight excluding hydrogens is 260 g/mol. The Kier molecular flexibility index (Phi) is 3.05. The number of nitrogens with zero attached hydrogens (tertiary/aromatic N) is 1. The minimum absolute atomic E-state index is 0.326. The first-order valence-corrected chi connectivity index (χ1v) is 6.46. The van der Waals surface area contributed by atoms with Gasteiger partial charge < -0.3 is 5.11 Å². The minimum atomic E-state index is -4.06. The Morgan fingerprint density at radius 3 is 2.22 bits per heavy atom. The van der Waals surface area contributed by atoms with Gasteiger partial charge in [-0.2, -0.15) is 4.31 Å². The average molecular weight is 270 g/mol. The molecule has 0 radical (unpaired) electrons. The summed E-state index contributed by atoms with van der Waals surface area (Å²) in [5, 5.41) is 11.5. The number of hydrogen-bond acceptors (Lipinski definition) is 5. The molecule has 1 aromatic carbocycles. The van der Waals surface area contributed by atoms with E-state index in [0.717, 1.165) is 4.31 Å². The number of piperazine rings is 1. The largest absolute Gasteiger partial charge is 0.507 e. The number of carbonyl (C=O) groups is 2. The van der Waals surface area contributed by atoms with Gasteiger partial charge in [-0.05, 0) is 12.1 Å². The molecule has 0 spiro atoms. The number of aromatic hydroxyl groups is 1. The zero-order valence-electron chi connectivity index (χ0n) is 9.16. The Balaban J connectivity index is 2.40. The Hall–Kier alpha value is -1.93. The van der Waals surface area contributed by atoms with E-state index in [4.69, 9.17) is 0 Å². The zero-order valence-corrected chi connectivity index (χ0v) is 9.98. The molecule has 0 saturated carbocycles. The van der Waals surface area contributed by atoms with E-state index in [1.165, 1.54) is 24.3 Å². The number of phenolic OH excluding ortho intramolecular Hbond substituents is 1. The van der Waals surface area contributed by atoms with Crippen LogP contribution in [0.25, 0.3) is 0 Å². The number of amides is 2. The standard InChI is InChI=1S/C10H10N2O5S/c13-7-3-1-2-4-8(7)18(16,17)12-5-9(14)11-10(15)6-12/h1-4,13H,5-6H2,(H,11,14,15). The third kappa shape index (κ3) is 2.20. The molecule has 1 aromatic rings. The number of carbonyl (C=O) groups excluding carboxylic acids is 2. The van der Waals surface area contributed by atoms with E-state index < -0.39 is 40.7 Å². The average Bonchev–Trinajstić information content (AvgIpc) is 2.28. The van der Waals surface area contributed by atoms with Crippen LogP contribution in [0.3, 0.4) is 0 Å². The first-order chi connectivity index (χ1) is 8.41. The maximum Gasteiger partial charge on any atom is 0.247 e. The highest BCUT2D eigenvalue weighted by Gasteiger charge is 2.34. The van der Waals surface area contributed by atoms with Crippen molar-refractivity contribution in [2.75, 3.05) is 13.1 Å². The number of para-hydroxylation sites is 1. The van der Waals surface area contributed by atoms with Crippen molar-refractivity contribution in [3.8, 4) is 5.75 Å². The van der Waals surface area contributed by atoms with Crippen LogP contribution in [-0.4, -0.2) is 42.7 Å². The van der Waals surface area contributed by atoms with Gasteiger partial charge in [0.1, 0.15) is 10.6 Å². The molecule has 18 heavy (non-hydrogen) atoms. The van der Waals surface area contributed by atoms with Gasteiger partial charge in [-0.3, -0.25) is 14.9 Å². The zero-order chi connectivity index (χ0) is 13.3. The predicted octanol–water partition coefficient (Wildman–Crippen LogP) is -0.961. The molecule has 0 aliphatic carbocycles. The lowest BCUT2D eigenvalue weighted by Gasteiger charge is -2.24. The normalized spacial score (nSPS) is 17.6. The number of rotatable bonds is 2. The maximum atomic E-state index is 12.1. The van der Waals surface area contributed by atoms with Gasteiger partial charge in [0.25, 0.3) is 0 Å². The van der Waals surface area contributed by atoms with Gasteiger partial charge in [-0.15, -0.1) is 0 Å². The van der Waals surface area contributed by atoms with E-state index in [2.05, 4.69) is 0 Å². The highest BCUT2D eigenvalue weighted by molar-refractivity contribution is 7.89. The highest BCUT2D eigenvalue weighted by Crippen LogP contribution is 2.25. The lowest BCUT2D eigenvalue weighted by Crippen LogP contribution is -2.53. The monoisotopic (exact) mass is 270 g/mol. The van der Waals surface area contributed by atoms with Gasteiger partial charge in [-0.1, -0.05) is 12.1 Å². The van der Waals surface area contributed by atoms with Crippen molar-refractivity contribution in [3.63, 3.8) is 0 Å². The molecular formula is C10H10N2O5S. The van der Waals surface area contributed by atoms with Gasteiger partial charge in [0.2, 0.25) is 21.8 Å². The van der Waals surface area contributed by atoms with E-state index in [0.29, 0.717) is 0 Å². The van der Waals surface area contributed by atoms with Gasteiger partial charge in [0.15, 0.2) is 0 Å². The number of nitrogens with one attached hydrogen (secondary N) is 1. The lowest BCUT2D eigenvalue weighted by molar-refractivity contribution is -0.134. The third-order valence-corrected chi connectivity index (χ3v) is 4.24. The first-order valence-electron chi connectivity index (χ1n) is 5.02. The summed E-state index contributed by atoms with van der Waals surface area (Å²) in [5.74, 6) is -1.80. The van der Waals surface area contributed by atoms with Crippen molar-refractivity contribution in [1.82, 2.24) is 9.62 Å². The van der Waals surface area contributed by atoms with E-state index in [-0.39, 0.29) is 4.90 Å². The van der Waals surface area contributed by atoms with Crippen LogP contribution < -0.4 is 5.32 Å². The predicted molar refractivity (Wildman–Crippen MR) is 60.0 cm³/mol. The molecule has 1 heterocycles. The summed E-state index contributed by atoms with van der Waals surface area (Å²) in [4.78, 5) is 22.0. The van der Waals surface area contributed by atoms with Crippen LogP contribution >= 0.6 is 0 Å². The molecule has 0 atom stereocenters. The molecule has 0 bridgehead atoms. The molecule has 7 nitrogen and oxygen atoms in total. The number of benzene rings is 1. The van der Waals surface area contributed by atoms with Crippen molar-refractivity contribution in [2.24, 2.45) is 0 Å². The Morgan fingerprint density at radius 2 is 1.67 bits per heavy atom. The Labute approximate surface area is 103 Å². The van der Waals surface area contributed by atoms with E-state index in [9.17, 15) is 23.1 Å². The van der Waals surface area contributed by atoms with Crippen molar-refractivity contribution in [1.29, 1.82) is 0 Å². The second-order valence-corrected chi connectivity index (χ2v) is 5.62. The Bertz CT molecular complexity index is 594. The van der Waals surface area contributed by atoms with Crippen LogP contribution in [0.1, 0.15) is 0 Å². The lowest BCUT2D eigenvalue weighted by atomic mass is 10.3. The van der Waals surface area contributed by atoms with E-state index >= 15 is 0 Å². The van der Waals surface area contributed by atoms with E-state index in [1.807, 2.05) is 5.32 Å². The number of imide groups is 1. The molecule has 96 valence electrons. The van der Waals surface area contributed by atoms with Crippen molar-refractivity contribution >= 4 is 21.8 Å². The van der Waals surface area contributed by atoms with E-state index in [1.54, 1.807) is 0 Å². The molecule has 1 fully saturated rings. The van der Waals surface area contributed by atoms with Crippen LogP contribution in [0.2, 0.25) is 0 Å². The fourth-order valence-electron chi connectivity index (χ4n) is 1.60. The number of phenols is 1. The second-order valence-electron chi connectivity index (χ2n) is 3.71. The summed E-state index contributed by atoms with van der Waals surface area (Å²) in [5.41, 5.74) is 0. The van der Waals surface area contributed by atoms with Crippen molar-refractivity contribution < 1.29 is 23.1 Å². The summed E-state index contributed by atoms with van der Waals surface area (Å²) in [6, 6.07) is 5.35. The fraction of sp³-hybridized carbons (Fsp3) is 0.200. The van der Waals surface area contributed by atoms with Gasteiger partial charge >= 0.3 is 0 Å². The maximum absolute atomic E-state index is 12.1. The van der Waals surface area contributed by atoms with Crippen molar-refractivity contribution in [3.05, 3.63) is 24.3 Å². The summed E-state index contributed by atoms with van der Waals surface area (Å²) < 4.78 is 25.0. The number of hydrogen-bond donors (Lipinski definition) is 2. The third-order valence-electron chi connectivity index (χ3n) is 2.40. The fourth-order valence-corrected chi connectivity index (χ4v) is 3.03. The minimum Gasteiger partial charge on any atom is -0.507 e. The molecule has 0 unspecified atom stereocenters. The van der Waals surface area contributed by atoms with Crippen LogP contribution in [0.4, 0.5) is 0 Å². The smallest absolute Gasteiger partial charge is 0.247 e. The molecule has 8 heteroatoms. The molecule has 1 aliphatic heterocycles. The first kappa shape index (κ1) is 12.5. The summed E-state index contributed by atoms with van der Waals surface area (Å²) >= 11 is 0. The quantitative estimate of drug-likeness (QED) is 0.674. The summed E-state index contributed by atoms with van der Waals surface area (Å²) in [6.45, 7) is -0.884. The Morgan fingerprint density at radius 1 is 1.11 bits per heavy atom. The second kappa shape index (κ2) is 4.39. The molecule has 2 N–H and O–H groups in total. The molecule has 0 aromatic heterocycles. The van der Waals surface area contributed by atoms with Crippen molar-refractivity contribution in [2.45, 2.75) is 4.90 Å². The van der Waals surface area contributed by atoms with Gasteiger partial charge in [-0.25, -0.2) is 8.42 Å². The molecule has 2 amide bonds. The summed E-state index contributed by atoms with van der Waals surface area (Å²) in [6.07, 6.45) is 0. The van der Waals surface area contributed by atoms with Gasteiger partial charge in [0, 0.05) is 0 Å². The SMILES string of the molecule is O=C1CN(S(=O)(=O)c2ccccc2O)CC(=O)N1. The molecule has 1 saturated heterocycles. The molecule has 2 rings (SSSR count). The van der Waals surface area contributed by atoms with Crippen LogP contribution in [0.5, 0.6) is 5.75 Å². The van der Waals surface area contributed by atoms with Gasteiger partial charge in [0.05, 0.1) is 13.1 Å². The van der Waals surface area contributed by atoms with Crippen LogP contribution in [0, 0.1) is 0 Å². The molecule has 1 aliphatic rings. The topological polar surface area (TPSA) is 104 Å². The van der Waals surface area contributed by atoms with Crippen LogP contribution in [0.15, 0.2) is 29.2 Å². The highest BCUT2D eigenvalue weighted by atomic mass is 32.2. The number of sulfonamides is 1. The summed E-state index contributed by atoms with van der Waals surface area (Å²) in [7, 11) is -4.06. The van der Waals surface area contributed by atoms with Crippen LogP contribution in [-0.2, 0) is 19.6 Å².